The van der Waals surface area contributed by atoms with Gasteiger partial charge >= 0.3 is 0 Å². The summed E-state index contributed by atoms with van der Waals surface area (Å²) < 4.78 is 0. The second kappa shape index (κ2) is 8.89. The molecular weight excluding hydrogens is 368 g/mol. The van der Waals surface area contributed by atoms with Crippen molar-refractivity contribution in [2.75, 3.05) is 23.7 Å². The number of rotatable bonds is 6. The van der Waals surface area contributed by atoms with Crippen molar-refractivity contribution >= 4 is 40.5 Å². The Morgan fingerprint density at radius 3 is 2.71 bits per heavy atom. The lowest BCUT2D eigenvalue weighted by Crippen LogP contribution is -2.19. The quantitative estimate of drug-likeness (QED) is 0.391. The molecule has 0 bridgehead atoms. The lowest BCUT2D eigenvalue weighted by molar-refractivity contribution is -0.118. The van der Waals surface area contributed by atoms with E-state index in [9.17, 15) is 4.79 Å². The van der Waals surface area contributed by atoms with Crippen molar-refractivity contribution in [2.45, 2.75) is 17.7 Å². The summed E-state index contributed by atoms with van der Waals surface area (Å²) in [6.07, 6.45) is 5.98. The number of carbonyl (C=O) groups excluding carboxylic acids is 1. The Hall–Kier alpha value is -2.86. The van der Waals surface area contributed by atoms with Gasteiger partial charge in [-0.15, -0.1) is 11.8 Å². The molecule has 2 aromatic carbocycles. The molecule has 1 aliphatic heterocycles. The molecule has 5 nitrogen and oxygen atoms in total. The number of hydrogen-bond donors (Lipinski definition) is 1. The molecule has 0 saturated carbocycles. The summed E-state index contributed by atoms with van der Waals surface area (Å²) in [7, 11) is 0. The zero-order valence-electron chi connectivity index (χ0n) is 15.5. The lowest BCUT2D eigenvalue weighted by atomic mass is 10.2. The number of carbonyl (C=O) groups is 1. The predicted octanol–water partition coefficient (Wildman–Crippen LogP) is 4.08. The topological polar surface area (TPSA) is 57.6 Å². The maximum absolute atomic E-state index is 12.1. The number of amides is 1. The Morgan fingerprint density at radius 2 is 1.89 bits per heavy atom. The third-order valence-electron chi connectivity index (χ3n) is 4.72. The lowest BCUT2D eigenvalue weighted by Gasteiger charge is -2.17. The van der Waals surface area contributed by atoms with Gasteiger partial charge in [0.1, 0.15) is 0 Å². The van der Waals surface area contributed by atoms with E-state index >= 15 is 0 Å². The summed E-state index contributed by atoms with van der Waals surface area (Å²) in [4.78, 5) is 19.9. The Kier molecular flexibility index (Phi) is 5.87. The largest absolute Gasteiger partial charge is 0.372 e. The fraction of sp³-hybridized carbons (Fsp3) is 0.227. The second-order valence-corrected chi connectivity index (χ2v) is 7.72. The van der Waals surface area contributed by atoms with Crippen molar-refractivity contribution in [3.8, 4) is 0 Å². The highest BCUT2D eigenvalue weighted by Crippen LogP contribution is 2.25. The van der Waals surface area contributed by atoms with E-state index in [-0.39, 0.29) is 5.91 Å². The molecule has 1 aromatic heterocycles. The number of hydrogen-bond acceptors (Lipinski definition) is 5. The van der Waals surface area contributed by atoms with Crippen molar-refractivity contribution < 1.29 is 4.79 Å². The summed E-state index contributed by atoms with van der Waals surface area (Å²) in [6, 6.07) is 18.2. The minimum absolute atomic E-state index is 0.136. The van der Waals surface area contributed by atoms with Gasteiger partial charge in [0.15, 0.2) is 0 Å². The average Bonchev–Trinajstić information content (AvgIpc) is 3.28. The Morgan fingerprint density at radius 1 is 1.11 bits per heavy atom. The fourth-order valence-corrected chi connectivity index (χ4v) is 4.13. The van der Waals surface area contributed by atoms with Crippen LogP contribution in [0.3, 0.4) is 0 Å². The fourth-order valence-electron chi connectivity index (χ4n) is 3.29. The van der Waals surface area contributed by atoms with Crippen molar-refractivity contribution in [1.82, 2.24) is 10.4 Å². The minimum atomic E-state index is -0.136. The summed E-state index contributed by atoms with van der Waals surface area (Å²) in [6.45, 7) is 2.26. The molecule has 1 N–H and O–H groups in total. The molecular formula is C22H22N4OS. The maximum Gasteiger partial charge on any atom is 0.250 e. The highest BCUT2D eigenvalue weighted by molar-refractivity contribution is 8.00. The smallest absolute Gasteiger partial charge is 0.250 e. The minimum Gasteiger partial charge on any atom is -0.372 e. The third kappa shape index (κ3) is 4.51. The molecule has 1 fully saturated rings. The van der Waals surface area contributed by atoms with E-state index in [1.54, 1.807) is 12.4 Å². The Balaban J connectivity index is 1.29. The second-order valence-electron chi connectivity index (χ2n) is 6.70. The maximum atomic E-state index is 12.1. The van der Waals surface area contributed by atoms with E-state index in [1.807, 2.05) is 42.5 Å². The van der Waals surface area contributed by atoms with Crippen LogP contribution in [0.5, 0.6) is 0 Å². The van der Waals surface area contributed by atoms with Gasteiger partial charge in [0, 0.05) is 35.3 Å². The molecule has 142 valence electrons. The van der Waals surface area contributed by atoms with Crippen LogP contribution in [-0.2, 0) is 4.79 Å². The number of hydrazone groups is 1. The van der Waals surface area contributed by atoms with Crippen LogP contribution in [0.25, 0.3) is 10.9 Å². The first-order valence-electron chi connectivity index (χ1n) is 9.43. The number of aromatic nitrogens is 1. The van der Waals surface area contributed by atoms with Gasteiger partial charge in [-0.05, 0) is 42.7 Å². The van der Waals surface area contributed by atoms with Crippen molar-refractivity contribution in [3.05, 3.63) is 66.4 Å². The number of thioether (sulfide) groups is 1. The molecule has 0 unspecified atom stereocenters. The van der Waals surface area contributed by atoms with Crippen LogP contribution in [0, 0.1) is 0 Å². The number of anilines is 1. The first-order valence-corrected chi connectivity index (χ1v) is 10.4. The van der Waals surface area contributed by atoms with Gasteiger partial charge in [0.05, 0.1) is 17.5 Å². The molecule has 4 rings (SSSR count). The number of nitrogens with one attached hydrogen (secondary N) is 1. The van der Waals surface area contributed by atoms with Crippen molar-refractivity contribution in [3.63, 3.8) is 0 Å². The highest BCUT2D eigenvalue weighted by Gasteiger charge is 2.11. The van der Waals surface area contributed by atoms with Crippen LogP contribution in [0.15, 0.2) is 70.8 Å². The summed E-state index contributed by atoms with van der Waals surface area (Å²) in [5.41, 5.74) is 5.73. The van der Waals surface area contributed by atoms with Gasteiger partial charge in [0.25, 0.3) is 0 Å². The van der Waals surface area contributed by atoms with Crippen molar-refractivity contribution in [1.29, 1.82) is 0 Å². The molecule has 1 aliphatic rings. The van der Waals surface area contributed by atoms with E-state index in [0.717, 1.165) is 34.5 Å². The molecule has 0 spiro atoms. The van der Waals surface area contributed by atoms with Crippen molar-refractivity contribution in [2.24, 2.45) is 5.10 Å². The molecule has 1 saturated heterocycles. The third-order valence-corrected chi connectivity index (χ3v) is 5.77. The molecule has 3 aromatic rings. The highest BCUT2D eigenvalue weighted by atomic mass is 32.2. The molecule has 2 heterocycles. The number of nitrogens with zero attached hydrogens (tertiary/aromatic N) is 3. The zero-order chi connectivity index (χ0) is 19.2. The SMILES string of the molecule is O=C(CSc1cccc2cccnc12)N/N=C/c1ccc(N2CCCC2)cc1. The van der Waals surface area contributed by atoms with E-state index in [2.05, 4.69) is 32.5 Å². The molecule has 0 radical (unpaired) electrons. The van der Waals surface area contributed by atoms with Crippen LogP contribution in [-0.4, -0.2) is 35.9 Å². The number of benzene rings is 2. The first-order chi connectivity index (χ1) is 13.8. The molecule has 0 atom stereocenters. The van der Waals surface area contributed by atoms with Crippen LogP contribution in [0.1, 0.15) is 18.4 Å². The van der Waals surface area contributed by atoms with Gasteiger partial charge in [-0.25, -0.2) is 5.43 Å². The number of pyridine rings is 1. The number of para-hydroxylation sites is 1. The zero-order valence-corrected chi connectivity index (χ0v) is 16.4. The van der Waals surface area contributed by atoms with Gasteiger partial charge in [0.2, 0.25) is 5.91 Å². The van der Waals surface area contributed by atoms with Gasteiger partial charge < -0.3 is 4.90 Å². The molecule has 1 amide bonds. The molecule has 6 heteroatoms. The summed E-state index contributed by atoms with van der Waals surface area (Å²) in [5, 5.41) is 5.15. The Labute approximate surface area is 168 Å². The average molecular weight is 391 g/mol. The van der Waals surface area contributed by atoms with Crippen LogP contribution in [0.4, 0.5) is 5.69 Å². The van der Waals surface area contributed by atoms with Crippen LogP contribution < -0.4 is 10.3 Å². The monoisotopic (exact) mass is 390 g/mol. The van der Waals surface area contributed by atoms with Crippen LogP contribution in [0.2, 0.25) is 0 Å². The van der Waals surface area contributed by atoms with Crippen LogP contribution >= 0.6 is 11.8 Å². The first kappa shape index (κ1) is 18.5. The number of fused-ring (bicyclic) bond motifs is 1. The summed E-state index contributed by atoms with van der Waals surface area (Å²) >= 11 is 1.47. The van der Waals surface area contributed by atoms with E-state index in [0.29, 0.717) is 5.75 Å². The van der Waals surface area contributed by atoms with E-state index in [1.165, 1.54) is 30.3 Å². The molecule has 28 heavy (non-hydrogen) atoms. The Bertz CT molecular complexity index is 976. The van der Waals surface area contributed by atoms with Gasteiger partial charge in [-0.2, -0.15) is 5.10 Å². The standard InChI is InChI=1S/C22H22N4OS/c27-21(16-28-20-7-3-5-18-6-4-12-23-22(18)20)25-24-15-17-8-10-19(11-9-17)26-13-1-2-14-26/h3-12,15H,1-2,13-14,16H2,(H,25,27)/b24-15+. The normalized spacial score (nSPS) is 14.1. The van der Waals surface area contributed by atoms with E-state index < -0.39 is 0 Å². The van der Waals surface area contributed by atoms with E-state index in [4.69, 9.17) is 0 Å². The molecule has 0 aliphatic carbocycles. The van der Waals surface area contributed by atoms with Gasteiger partial charge in [-0.3, -0.25) is 9.78 Å². The summed E-state index contributed by atoms with van der Waals surface area (Å²) in [5.74, 6) is 0.156. The van der Waals surface area contributed by atoms with Gasteiger partial charge in [-0.1, -0.05) is 30.3 Å². The predicted molar refractivity (Wildman–Crippen MR) is 116 cm³/mol.